The zero-order valence-corrected chi connectivity index (χ0v) is 9.45. The zero-order valence-electron chi connectivity index (χ0n) is 9.45. The fraction of sp³-hybridized carbons (Fsp3) is 0.417. The molecule has 2 aromatic rings. The van der Waals surface area contributed by atoms with Crippen LogP contribution in [0.15, 0.2) is 24.5 Å². The van der Waals surface area contributed by atoms with Crippen molar-refractivity contribution in [3.05, 3.63) is 30.4 Å². The highest BCUT2D eigenvalue weighted by Gasteiger charge is 2.24. The van der Waals surface area contributed by atoms with Crippen LogP contribution in [0.4, 0.5) is 0 Å². The third-order valence-electron chi connectivity index (χ3n) is 3.22. The van der Waals surface area contributed by atoms with Crippen LogP contribution in [0.1, 0.15) is 24.7 Å². The van der Waals surface area contributed by atoms with E-state index in [1.807, 2.05) is 12.1 Å². The van der Waals surface area contributed by atoms with E-state index < -0.39 is 0 Å². The number of pyridine rings is 1. The highest BCUT2D eigenvalue weighted by atomic mass is 16.3. The first-order chi connectivity index (χ1) is 8.40. The summed E-state index contributed by atoms with van der Waals surface area (Å²) in [6.45, 7) is 0.142. The Morgan fingerprint density at radius 2 is 2.12 bits per heavy atom. The molecule has 0 spiro atoms. The maximum Gasteiger partial charge on any atom is 0.164 e. The van der Waals surface area contributed by atoms with Gasteiger partial charge in [0.15, 0.2) is 5.82 Å². The van der Waals surface area contributed by atoms with Crippen molar-refractivity contribution >= 4 is 0 Å². The molecule has 0 aliphatic carbocycles. The molecule has 1 atom stereocenters. The van der Waals surface area contributed by atoms with Gasteiger partial charge in [0.05, 0.1) is 12.6 Å². The molecule has 0 saturated heterocycles. The minimum Gasteiger partial charge on any atom is -0.394 e. The summed E-state index contributed by atoms with van der Waals surface area (Å²) in [5.41, 5.74) is 0.999. The van der Waals surface area contributed by atoms with E-state index in [1.54, 1.807) is 12.4 Å². The van der Waals surface area contributed by atoms with Gasteiger partial charge in [-0.2, -0.15) is 0 Å². The van der Waals surface area contributed by atoms with Crippen LogP contribution in [0.25, 0.3) is 11.4 Å². The van der Waals surface area contributed by atoms with Gasteiger partial charge in [0.25, 0.3) is 0 Å². The zero-order chi connectivity index (χ0) is 11.7. The van der Waals surface area contributed by atoms with Gasteiger partial charge in [0.1, 0.15) is 5.82 Å². The summed E-state index contributed by atoms with van der Waals surface area (Å²) in [6.07, 6.45) is 6.48. The summed E-state index contributed by atoms with van der Waals surface area (Å²) in [5, 5.41) is 17.9. The van der Waals surface area contributed by atoms with Crippen LogP contribution in [0.3, 0.4) is 0 Å². The number of hydrogen-bond donors (Lipinski definition) is 1. The Balaban J connectivity index is 2.10. The minimum atomic E-state index is 0.108. The number of aryl methyl sites for hydroxylation is 1. The summed E-state index contributed by atoms with van der Waals surface area (Å²) < 4.78 is 2.07. The fourth-order valence-corrected chi connectivity index (χ4v) is 2.37. The van der Waals surface area contributed by atoms with Crippen molar-refractivity contribution in [1.29, 1.82) is 0 Å². The Hall–Kier alpha value is -1.75. The van der Waals surface area contributed by atoms with Crippen molar-refractivity contribution in [2.75, 3.05) is 6.61 Å². The largest absolute Gasteiger partial charge is 0.394 e. The van der Waals surface area contributed by atoms with Crippen LogP contribution >= 0.6 is 0 Å². The molecule has 3 rings (SSSR count). The number of fused-ring (bicyclic) bond motifs is 1. The summed E-state index contributed by atoms with van der Waals surface area (Å²) in [5.74, 6) is 1.81. The first-order valence-corrected chi connectivity index (χ1v) is 5.85. The molecule has 0 bridgehead atoms. The first kappa shape index (κ1) is 10.4. The molecule has 0 saturated carbocycles. The molecule has 0 radical (unpaired) electrons. The molecule has 3 heterocycles. The maximum absolute atomic E-state index is 9.44. The number of aliphatic hydroxyl groups excluding tert-OH is 1. The predicted octanol–water partition coefficient (Wildman–Crippen LogP) is 1.21. The van der Waals surface area contributed by atoms with Crippen molar-refractivity contribution in [3.8, 4) is 11.4 Å². The fourth-order valence-electron chi connectivity index (χ4n) is 2.37. The highest BCUT2D eigenvalue weighted by Crippen LogP contribution is 2.29. The van der Waals surface area contributed by atoms with Gasteiger partial charge in [0.2, 0.25) is 0 Å². The van der Waals surface area contributed by atoms with Crippen molar-refractivity contribution in [2.24, 2.45) is 0 Å². The van der Waals surface area contributed by atoms with Crippen molar-refractivity contribution in [1.82, 2.24) is 19.7 Å². The molecule has 0 amide bonds. The van der Waals surface area contributed by atoms with Crippen molar-refractivity contribution < 1.29 is 5.11 Å². The maximum atomic E-state index is 9.44. The van der Waals surface area contributed by atoms with Crippen molar-refractivity contribution in [2.45, 2.75) is 25.3 Å². The van der Waals surface area contributed by atoms with Gasteiger partial charge < -0.3 is 9.67 Å². The Morgan fingerprint density at radius 1 is 1.29 bits per heavy atom. The molecule has 1 aliphatic rings. The molecule has 88 valence electrons. The molecule has 1 N–H and O–H groups in total. The molecule has 5 nitrogen and oxygen atoms in total. The number of hydrogen-bond acceptors (Lipinski definition) is 4. The summed E-state index contributed by atoms with van der Waals surface area (Å²) >= 11 is 0. The Morgan fingerprint density at radius 3 is 2.88 bits per heavy atom. The molecule has 1 aliphatic heterocycles. The van der Waals surface area contributed by atoms with Crippen LogP contribution in [0.2, 0.25) is 0 Å². The normalized spacial score (nSPS) is 19.0. The lowest BCUT2D eigenvalue weighted by atomic mass is 10.0. The monoisotopic (exact) mass is 230 g/mol. The third-order valence-corrected chi connectivity index (χ3v) is 3.22. The van der Waals surface area contributed by atoms with Gasteiger partial charge in [-0.15, -0.1) is 10.2 Å². The van der Waals surface area contributed by atoms with Crippen molar-refractivity contribution in [3.63, 3.8) is 0 Å². The number of rotatable bonds is 2. The van der Waals surface area contributed by atoms with E-state index >= 15 is 0 Å². The smallest absolute Gasteiger partial charge is 0.164 e. The van der Waals surface area contributed by atoms with E-state index in [2.05, 4.69) is 19.7 Å². The van der Waals surface area contributed by atoms with Crippen LogP contribution in [0, 0.1) is 0 Å². The summed E-state index contributed by atoms with van der Waals surface area (Å²) in [4.78, 5) is 4.00. The first-order valence-electron chi connectivity index (χ1n) is 5.85. The average molecular weight is 230 g/mol. The predicted molar refractivity (Wildman–Crippen MR) is 62.3 cm³/mol. The van der Waals surface area contributed by atoms with E-state index in [-0.39, 0.29) is 12.6 Å². The van der Waals surface area contributed by atoms with Crippen LogP contribution in [0.5, 0.6) is 0 Å². The SMILES string of the molecule is OCC1CCCc2nnc(-c3ccncc3)n21. The Bertz CT molecular complexity index is 508. The van der Waals surface area contributed by atoms with E-state index in [0.29, 0.717) is 0 Å². The van der Waals surface area contributed by atoms with E-state index in [9.17, 15) is 5.11 Å². The van der Waals surface area contributed by atoms with Gasteiger partial charge in [-0.25, -0.2) is 0 Å². The van der Waals surface area contributed by atoms with Gasteiger partial charge in [-0.3, -0.25) is 4.98 Å². The van der Waals surface area contributed by atoms with Crippen LogP contribution in [-0.4, -0.2) is 31.5 Å². The average Bonchev–Trinajstić information content (AvgIpc) is 2.83. The lowest BCUT2D eigenvalue weighted by Gasteiger charge is -2.24. The molecule has 5 heteroatoms. The van der Waals surface area contributed by atoms with Gasteiger partial charge >= 0.3 is 0 Å². The molecular formula is C12H14N4O. The lowest BCUT2D eigenvalue weighted by Crippen LogP contribution is -2.21. The number of aliphatic hydroxyl groups is 1. The molecule has 17 heavy (non-hydrogen) atoms. The third kappa shape index (κ3) is 1.72. The second kappa shape index (κ2) is 4.25. The van der Waals surface area contributed by atoms with Crippen LogP contribution in [-0.2, 0) is 6.42 Å². The second-order valence-electron chi connectivity index (χ2n) is 4.27. The number of nitrogens with zero attached hydrogens (tertiary/aromatic N) is 4. The molecule has 0 aromatic carbocycles. The van der Waals surface area contributed by atoms with Gasteiger partial charge in [-0.1, -0.05) is 0 Å². The van der Waals surface area contributed by atoms with E-state index in [0.717, 1.165) is 36.5 Å². The topological polar surface area (TPSA) is 63.8 Å². The number of aromatic nitrogens is 4. The summed E-state index contributed by atoms with van der Waals surface area (Å²) in [6, 6.07) is 3.94. The van der Waals surface area contributed by atoms with Crippen LogP contribution < -0.4 is 0 Å². The van der Waals surface area contributed by atoms with Gasteiger partial charge in [0, 0.05) is 24.4 Å². The standard InChI is InChI=1S/C12H14N4O/c17-8-10-2-1-3-11-14-15-12(16(10)11)9-4-6-13-7-5-9/h4-7,10,17H,1-3,8H2. The molecule has 1 unspecified atom stereocenters. The molecule has 0 fully saturated rings. The summed E-state index contributed by atoms with van der Waals surface area (Å²) in [7, 11) is 0. The Labute approximate surface area is 99.1 Å². The molecule has 2 aromatic heterocycles. The second-order valence-corrected chi connectivity index (χ2v) is 4.27. The van der Waals surface area contributed by atoms with Gasteiger partial charge in [-0.05, 0) is 25.0 Å². The highest BCUT2D eigenvalue weighted by molar-refractivity contribution is 5.54. The lowest BCUT2D eigenvalue weighted by molar-refractivity contribution is 0.207. The van der Waals surface area contributed by atoms with E-state index in [4.69, 9.17) is 0 Å². The molecular weight excluding hydrogens is 216 g/mol. The Kier molecular flexibility index (Phi) is 2.60. The quantitative estimate of drug-likeness (QED) is 0.842. The minimum absolute atomic E-state index is 0.108. The van der Waals surface area contributed by atoms with E-state index in [1.165, 1.54) is 0 Å².